The molecule has 4 nitrogen and oxygen atoms in total. The summed E-state index contributed by atoms with van der Waals surface area (Å²) in [5, 5.41) is 9.61. The van der Waals surface area contributed by atoms with Gasteiger partial charge in [-0.15, -0.1) is 0 Å². The maximum Gasteiger partial charge on any atom is 0.417 e. The van der Waals surface area contributed by atoms with E-state index in [1.807, 2.05) is 0 Å². The van der Waals surface area contributed by atoms with E-state index in [1.165, 1.54) is 18.0 Å². The number of rotatable bonds is 4. The summed E-state index contributed by atoms with van der Waals surface area (Å²) in [5.41, 5.74) is -2.30. The molecule has 1 aromatic rings. The minimum Gasteiger partial charge on any atom is -0.380 e. The van der Waals surface area contributed by atoms with Gasteiger partial charge in [-0.25, -0.2) is 4.39 Å². The Bertz CT molecular complexity index is 584. The summed E-state index contributed by atoms with van der Waals surface area (Å²) < 4.78 is 51.8. The third-order valence-electron chi connectivity index (χ3n) is 4.36. The van der Waals surface area contributed by atoms with Crippen molar-refractivity contribution in [1.82, 2.24) is 9.80 Å². The number of hydrogen-bond acceptors (Lipinski definition) is 3. The second-order valence-electron chi connectivity index (χ2n) is 6.15. The minimum absolute atomic E-state index is 0.0186. The summed E-state index contributed by atoms with van der Waals surface area (Å²) in [6, 6.07) is 6.09. The molecule has 0 radical (unpaired) electrons. The summed E-state index contributed by atoms with van der Waals surface area (Å²) >= 11 is 0. The zero-order chi connectivity index (χ0) is 18.0. The van der Waals surface area contributed by atoms with Crippen LogP contribution in [0.25, 0.3) is 0 Å². The topological polar surface area (TPSA) is 43.8 Å². The number of likely N-dealkylation sites (N-methyl/N-ethyl adjacent to an activating group) is 1. The lowest BCUT2D eigenvalue weighted by molar-refractivity contribution is -0.272. The van der Waals surface area contributed by atoms with Crippen molar-refractivity contribution < 1.29 is 27.5 Å². The molecule has 1 aromatic carbocycles. The van der Waals surface area contributed by atoms with Gasteiger partial charge in [0.1, 0.15) is 5.82 Å². The van der Waals surface area contributed by atoms with E-state index in [4.69, 9.17) is 0 Å². The van der Waals surface area contributed by atoms with Crippen LogP contribution in [0.1, 0.15) is 18.4 Å². The summed E-state index contributed by atoms with van der Waals surface area (Å²) in [4.78, 5) is 15.1. The van der Waals surface area contributed by atoms with Crippen molar-refractivity contribution in [1.29, 1.82) is 0 Å². The van der Waals surface area contributed by atoms with Crippen molar-refractivity contribution >= 4 is 5.91 Å². The van der Waals surface area contributed by atoms with Crippen LogP contribution in [0.3, 0.4) is 0 Å². The number of benzene rings is 1. The molecule has 8 heteroatoms. The Hall–Kier alpha value is -1.67. The molecule has 0 spiro atoms. The molecule has 1 N–H and O–H groups in total. The Morgan fingerprint density at radius 2 is 1.88 bits per heavy atom. The number of alkyl halides is 3. The fourth-order valence-electron chi connectivity index (χ4n) is 2.65. The number of likely N-dealkylation sites (tertiary alicyclic amines) is 1. The van der Waals surface area contributed by atoms with Gasteiger partial charge in [-0.2, -0.15) is 13.2 Å². The summed E-state index contributed by atoms with van der Waals surface area (Å²) in [6.07, 6.45) is -5.58. The van der Waals surface area contributed by atoms with E-state index in [-0.39, 0.29) is 32.1 Å². The molecule has 1 aliphatic heterocycles. The van der Waals surface area contributed by atoms with Crippen LogP contribution in [0.15, 0.2) is 24.3 Å². The molecular weight excluding hydrogens is 328 g/mol. The summed E-state index contributed by atoms with van der Waals surface area (Å²) in [7, 11) is 1.52. The molecule has 0 bridgehead atoms. The molecule has 0 saturated carbocycles. The highest BCUT2D eigenvalue weighted by Gasteiger charge is 2.54. The highest BCUT2D eigenvalue weighted by molar-refractivity contribution is 5.78. The first-order valence-corrected chi connectivity index (χ1v) is 7.61. The number of hydrogen-bond donors (Lipinski definition) is 1. The van der Waals surface area contributed by atoms with Gasteiger partial charge in [0.15, 0.2) is 5.60 Å². The number of carbonyl (C=O) groups excluding carboxylic acids is 1. The van der Waals surface area contributed by atoms with Crippen LogP contribution in [0.4, 0.5) is 17.6 Å². The van der Waals surface area contributed by atoms with Crippen LogP contribution in [-0.4, -0.2) is 59.3 Å². The minimum atomic E-state index is -4.66. The molecule has 24 heavy (non-hydrogen) atoms. The van der Waals surface area contributed by atoms with E-state index < -0.39 is 30.4 Å². The second kappa shape index (κ2) is 7.06. The van der Waals surface area contributed by atoms with Crippen LogP contribution >= 0.6 is 0 Å². The van der Waals surface area contributed by atoms with Crippen molar-refractivity contribution in [2.75, 3.05) is 26.7 Å². The Balaban J connectivity index is 1.86. The van der Waals surface area contributed by atoms with Crippen molar-refractivity contribution in [2.45, 2.75) is 31.2 Å². The predicted octanol–water partition coefficient (Wildman–Crippen LogP) is 2.17. The van der Waals surface area contributed by atoms with Crippen molar-refractivity contribution in [2.24, 2.45) is 0 Å². The predicted molar refractivity (Wildman–Crippen MR) is 79.6 cm³/mol. The Labute approximate surface area is 137 Å². The quantitative estimate of drug-likeness (QED) is 0.849. The van der Waals surface area contributed by atoms with Crippen molar-refractivity contribution in [3.05, 3.63) is 35.6 Å². The van der Waals surface area contributed by atoms with Crippen LogP contribution < -0.4 is 0 Å². The van der Waals surface area contributed by atoms with E-state index in [0.717, 1.165) is 0 Å². The van der Waals surface area contributed by atoms with Gasteiger partial charge in [0.2, 0.25) is 5.91 Å². The first-order valence-electron chi connectivity index (χ1n) is 7.61. The molecule has 1 amide bonds. The average Bonchev–Trinajstić information content (AvgIpc) is 2.50. The van der Waals surface area contributed by atoms with Gasteiger partial charge in [0.25, 0.3) is 0 Å². The van der Waals surface area contributed by atoms with Crippen LogP contribution in [0.2, 0.25) is 0 Å². The van der Waals surface area contributed by atoms with Gasteiger partial charge in [-0.05, 0) is 18.9 Å². The molecule has 1 aliphatic rings. The molecule has 1 saturated heterocycles. The van der Waals surface area contributed by atoms with Crippen LogP contribution in [0.5, 0.6) is 0 Å². The zero-order valence-corrected chi connectivity index (χ0v) is 13.3. The zero-order valence-electron chi connectivity index (χ0n) is 13.3. The molecule has 0 atom stereocenters. The number of halogens is 4. The van der Waals surface area contributed by atoms with E-state index >= 15 is 0 Å². The van der Waals surface area contributed by atoms with Crippen LogP contribution in [-0.2, 0) is 11.3 Å². The first kappa shape index (κ1) is 18.7. The third-order valence-corrected chi connectivity index (χ3v) is 4.36. The molecular formula is C16H20F4N2O2. The van der Waals surface area contributed by atoms with E-state index in [1.54, 1.807) is 23.1 Å². The maximum absolute atomic E-state index is 13.6. The van der Waals surface area contributed by atoms with Gasteiger partial charge >= 0.3 is 6.18 Å². The number of amides is 1. The fourth-order valence-corrected chi connectivity index (χ4v) is 2.65. The normalized spacial score (nSPS) is 18.4. The van der Waals surface area contributed by atoms with Gasteiger partial charge in [-0.1, -0.05) is 18.2 Å². The first-order chi connectivity index (χ1) is 11.1. The molecule has 0 aromatic heterocycles. The van der Waals surface area contributed by atoms with E-state index in [0.29, 0.717) is 5.56 Å². The maximum atomic E-state index is 13.6. The average molecular weight is 348 g/mol. The highest BCUT2D eigenvalue weighted by atomic mass is 19.4. The summed E-state index contributed by atoms with van der Waals surface area (Å²) in [5.74, 6) is -0.721. The lowest BCUT2D eigenvalue weighted by Gasteiger charge is -2.39. The Kier molecular flexibility index (Phi) is 5.49. The standard InChI is InChI=1S/C16H20F4N2O2/c1-21(10-12-4-2-3-5-13(12)17)14(23)11-22-8-6-15(24,7-9-22)16(18,19)20/h2-5,24H,6-11H2,1H3. The fraction of sp³-hybridized carbons (Fsp3) is 0.562. The Morgan fingerprint density at radius 1 is 1.29 bits per heavy atom. The lowest BCUT2D eigenvalue weighted by atomic mass is 9.91. The van der Waals surface area contributed by atoms with E-state index in [2.05, 4.69) is 0 Å². The number of aliphatic hydroxyl groups is 1. The largest absolute Gasteiger partial charge is 0.417 e. The Morgan fingerprint density at radius 3 is 2.42 bits per heavy atom. The van der Waals surface area contributed by atoms with E-state index in [9.17, 15) is 27.5 Å². The smallest absolute Gasteiger partial charge is 0.380 e. The SMILES string of the molecule is CN(Cc1ccccc1F)C(=O)CN1CCC(O)(C(F)(F)F)CC1. The van der Waals surface area contributed by atoms with Gasteiger partial charge < -0.3 is 10.0 Å². The molecule has 2 rings (SSSR count). The second-order valence-corrected chi connectivity index (χ2v) is 6.15. The van der Waals surface area contributed by atoms with Gasteiger partial charge in [0, 0.05) is 32.2 Å². The molecule has 0 unspecified atom stereocenters. The molecule has 0 aliphatic carbocycles. The van der Waals surface area contributed by atoms with Crippen LogP contribution in [0, 0.1) is 5.82 Å². The van der Waals surface area contributed by atoms with Gasteiger partial charge in [0.05, 0.1) is 6.54 Å². The number of carbonyl (C=O) groups is 1. The monoisotopic (exact) mass is 348 g/mol. The molecule has 1 heterocycles. The lowest BCUT2D eigenvalue weighted by Crippen LogP contribution is -2.54. The third kappa shape index (κ3) is 4.24. The van der Waals surface area contributed by atoms with Gasteiger partial charge in [-0.3, -0.25) is 9.69 Å². The van der Waals surface area contributed by atoms with Crippen molar-refractivity contribution in [3.8, 4) is 0 Å². The van der Waals surface area contributed by atoms with Crippen molar-refractivity contribution in [3.63, 3.8) is 0 Å². The molecule has 1 fully saturated rings. The highest BCUT2D eigenvalue weighted by Crippen LogP contribution is 2.38. The molecule has 134 valence electrons. The summed E-state index contributed by atoms with van der Waals surface area (Å²) in [6.45, 7) is -0.00466. The number of nitrogens with zero attached hydrogens (tertiary/aromatic N) is 2. The number of piperidine rings is 1.